The molecule has 1 N–H and O–H groups in total. The zero-order chi connectivity index (χ0) is 17.2. The molecular weight excluding hydrogens is 318 g/mol. The quantitative estimate of drug-likeness (QED) is 0.747. The van der Waals surface area contributed by atoms with Crippen LogP contribution in [0.25, 0.3) is 11.3 Å². The highest BCUT2D eigenvalue weighted by Crippen LogP contribution is 2.41. The molecule has 0 spiro atoms. The van der Waals surface area contributed by atoms with E-state index < -0.39 is 0 Å². The first-order valence-electron chi connectivity index (χ1n) is 8.40. The second-order valence-electron chi connectivity index (χ2n) is 6.24. The van der Waals surface area contributed by atoms with Crippen molar-refractivity contribution < 1.29 is 9.32 Å². The van der Waals surface area contributed by atoms with E-state index in [-0.39, 0.29) is 5.91 Å². The van der Waals surface area contributed by atoms with Crippen molar-refractivity contribution in [3.63, 3.8) is 0 Å². The molecule has 3 aromatic heterocycles. The van der Waals surface area contributed by atoms with Gasteiger partial charge in [-0.15, -0.1) is 0 Å². The zero-order valence-electron chi connectivity index (χ0n) is 14.0. The van der Waals surface area contributed by atoms with Crippen molar-refractivity contribution in [2.45, 2.75) is 32.2 Å². The van der Waals surface area contributed by atoms with E-state index >= 15 is 0 Å². The maximum atomic E-state index is 12.1. The summed E-state index contributed by atoms with van der Waals surface area (Å²) in [7, 11) is 0. The number of hydrogen-bond acceptors (Lipinski definition) is 5. The van der Waals surface area contributed by atoms with Crippen LogP contribution in [0.2, 0.25) is 0 Å². The molecule has 0 unspecified atom stereocenters. The van der Waals surface area contributed by atoms with E-state index in [1.54, 1.807) is 19.3 Å². The van der Waals surface area contributed by atoms with Gasteiger partial charge in [-0.1, -0.05) is 5.16 Å². The molecule has 0 saturated heterocycles. The van der Waals surface area contributed by atoms with Crippen molar-refractivity contribution in [2.24, 2.45) is 0 Å². The molecule has 3 aromatic rings. The Morgan fingerprint density at radius 1 is 1.36 bits per heavy atom. The summed E-state index contributed by atoms with van der Waals surface area (Å²) in [5.74, 6) is 0.933. The van der Waals surface area contributed by atoms with Gasteiger partial charge in [0, 0.05) is 36.1 Å². The van der Waals surface area contributed by atoms with Gasteiger partial charge in [-0.25, -0.2) is 0 Å². The number of amides is 1. The highest BCUT2D eigenvalue weighted by Gasteiger charge is 2.28. The Hall–Kier alpha value is -2.96. The predicted octanol–water partition coefficient (Wildman–Crippen LogP) is 2.55. The van der Waals surface area contributed by atoms with Crippen molar-refractivity contribution in [1.29, 1.82) is 0 Å². The minimum atomic E-state index is -0.173. The summed E-state index contributed by atoms with van der Waals surface area (Å²) in [5.41, 5.74) is 3.72. The van der Waals surface area contributed by atoms with Gasteiger partial charge in [0.2, 0.25) is 0 Å². The van der Waals surface area contributed by atoms with E-state index in [1.165, 1.54) is 24.7 Å². The third-order valence-corrected chi connectivity index (χ3v) is 4.39. The Bertz CT molecular complexity index is 880. The molecule has 1 fully saturated rings. The summed E-state index contributed by atoms with van der Waals surface area (Å²) < 4.78 is 6.94. The van der Waals surface area contributed by atoms with Crippen molar-refractivity contribution >= 4 is 5.91 Å². The van der Waals surface area contributed by atoms with Crippen LogP contribution < -0.4 is 5.32 Å². The Morgan fingerprint density at radius 3 is 2.84 bits per heavy atom. The predicted molar refractivity (Wildman–Crippen MR) is 91.0 cm³/mol. The Labute approximate surface area is 145 Å². The van der Waals surface area contributed by atoms with Gasteiger partial charge in [-0.2, -0.15) is 5.10 Å². The van der Waals surface area contributed by atoms with E-state index in [4.69, 9.17) is 9.62 Å². The van der Waals surface area contributed by atoms with Crippen LogP contribution in [0.15, 0.2) is 41.3 Å². The van der Waals surface area contributed by atoms with Crippen LogP contribution in [0, 0.1) is 6.92 Å². The van der Waals surface area contributed by atoms with Crippen molar-refractivity contribution in [3.8, 4) is 11.3 Å². The molecule has 1 saturated carbocycles. The first-order valence-corrected chi connectivity index (χ1v) is 8.40. The lowest BCUT2D eigenvalue weighted by Gasteiger charge is -2.07. The minimum absolute atomic E-state index is 0.173. The van der Waals surface area contributed by atoms with Gasteiger partial charge in [0.05, 0.1) is 18.4 Å². The molecule has 1 aliphatic rings. The number of hydrogen-bond donors (Lipinski definition) is 1. The van der Waals surface area contributed by atoms with Crippen LogP contribution in [0.1, 0.15) is 40.6 Å². The third-order valence-electron chi connectivity index (χ3n) is 4.39. The minimum Gasteiger partial charge on any atom is -0.361 e. The smallest absolute Gasteiger partial charge is 0.256 e. The molecule has 0 radical (unpaired) electrons. The van der Waals surface area contributed by atoms with Crippen molar-refractivity contribution in [1.82, 2.24) is 25.2 Å². The lowest BCUT2D eigenvalue weighted by atomic mass is 10.2. The molecule has 4 rings (SSSR count). The molecule has 0 atom stereocenters. The second-order valence-corrected chi connectivity index (χ2v) is 6.24. The number of nitrogens with zero attached hydrogens (tertiary/aromatic N) is 4. The van der Waals surface area contributed by atoms with E-state index in [9.17, 15) is 4.79 Å². The van der Waals surface area contributed by atoms with Crippen LogP contribution in [0.5, 0.6) is 0 Å². The van der Waals surface area contributed by atoms with Gasteiger partial charge >= 0.3 is 0 Å². The molecule has 1 amide bonds. The first-order chi connectivity index (χ1) is 12.2. The number of carbonyl (C=O) groups is 1. The molecule has 25 heavy (non-hydrogen) atoms. The summed E-state index contributed by atoms with van der Waals surface area (Å²) >= 11 is 0. The number of carbonyl (C=O) groups excluding carboxylic acids is 1. The number of pyridine rings is 1. The van der Waals surface area contributed by atoms with Crippen LogP contribution >= 0.6 is 0 Å². The van der Waals surface area contributed by atoms with Crippen LogP contribution in [0.4, 0.5) is 0 Å². The lowest BCUT2D eigenvalue weighted by Crippen LogP contribution is -2.28. The third kappa shape index (κ3) is 3.31. The maximum Gasteiger partial charge on any atom is 0.256 e. The molecule has 3 heterocycles. The summed E-state index contributed by atoms with van der Waals surface area (Å²) in [6.45, 7) is 2.86. The standard InChI is InChI=1S/C18H19N5O2/c1-12-15(11-21-25-12)18(24)20-8-9-23-17(14-2-3-14)10-16(22-23)13-4-6-19-7-5-13/h4-7,10-11,14H,2-3,8-9H2,1H3,(H,20,24). The van der Waals surface area contributed by atoms with Gasteiger partial charge in [0.25, 0.3) is 5.91 Å². The average molecular weight is 337 g/mol. The zero-order valence-corrected chi connectivity index (χ0v) is 14.0. The number of aryl methyl sites for hydroxylation is 1. The van der Waals surface area contributed by atoms with E-state index in [2.05, 4.69) is 21.5 Å². The second kappa shape index (κ2) is 6.51. The van der Waals surface area contributed by atoms with Gasteiger partial charge in [-0.3, -0.25) is 14.5 Å². The van der Waals surface area contributed by atoms with Crippen molar-refractivity contribution in [2.75, 3.05) is 6.54 Å². The summed E-state index contributed by atoms with van der Waals surface area (Å²) in [4.78, 5) is 16.2. The van der Waals surface area contributed by atoms with Crippen molar-refractivity contribution in [3.05, 3.63) is 53.8 Å². The van der Waals surface area contributed by atoms with E-state index in [1.807, 2.05) is 16.8 Å². The highest BCUT2D eigenvalue weighted by molar-refractivity contribution is 5.94. The molecule has 7 heteroatoms. The topological polar surface area (TPSA) is 85.8 Å². The maximum absolute atomic E-state index is 12.1. The van der Waals surface area contributed by atoms with E-state index in [0.29, 0.717) is 30.3 Å². The molecule has 0 aliphatic heterocycles. The normalized spacial score (nSPS) is 13.8. The van der Waals surface area contributed by atoms with Crippen LogP contribution in [-0.2, 0) is 6.54 Å². The number of aromatic nitrogens is 4. The Balaban J connectivity index is 1.46. The monoisotopic (exact) mass is 337 g/mol. The van der Waals surface area contributed by atoms with Crippen LogP contribution in [0.3, 0.4) is 0 Å². The molecule has 1 aliphatic carbocycles. The van der Waals surface area contributed by atoms with Gasteiger partial charge in [-0.05, 0) is 38.0 Å². The number of rotatable bonds is 6. The number of nitrogens with one attached hydrogen (secondary N) is 1. The van der Waals surface area contributed by atoms with Gasteiger partial charge in [0.15, 0.2) is 0 Å². The van der Waals surface area contributed by atoms with Crippen LogP contribution in [-0.4, -0.2) is 32.4 Å². The average Bonchev–Trinajstić information content (AvgIpc) is 3.24. The molecule has 128 valence electrons. The molecular formula is C18H19N5O2. The fourth-order valence-electron chi connectivity index (χ4n) is 2.87. The Morgan fingerprint density at radius 2 is 2.16 bits per heavy atom. The lowest BCUT2D eigenvalue weighted by molar-refractivity contribution is 0.0950. The van der Waals surface area contributed by atoms with Gasteiger partial charge in [0.1, 0.15) is 11.3 Å². The first kappa shape index (κ1) is 15.6. The van der Waals surface area contributed by atoms with Gasteiger partial charge < -0.3 is 9.84 Å². The highest BCUT2D eigenvalue weighted by atomic mass is 16.5. The largest absolute Gasteiger partial charge is 0.361 e. The molecule has 0 aromatic carbocycles. The summed E-state index contributed by atoms with van der Waals surface area (Å²) in [6, 6.07) is 6.07. The summed E-state index contributed by atoms with van der Waals surface area (Å²) in [5, 5.41) is 11.3. The SMILES string of the molecule is Cc1oncc1C(=O)NCCn1nc(-c2ccncc2)cc1C1CC1. The van der Waals surface area contributed by atoms with E-state index in [0.717, 1.165) is 11.3 Å². The fraction of sp³-hybridized carbons (Fsp3) is 0.333. The Kier molecular flexibility index (Phi) is 4.05. The summed E-state index contributed by atoms with van der Waals surface area (Å²) in [6.07, 6.45) is 7.39. The fourth-order valence-corrected chi connectivity index (χ4v) is 2.87. The molecule has 7 nitrogen and oxygen atoms in total. The molecule has 0 bridgehead atoms.